The minimum absolute atomic E-state index is 0.221. The van der Waals surface area contributed by atoms with Gasteiger partial charge in [-0.3, -0.25) is 9.35 Å². The smallest absolute Gasteiger partial charge is 0.394 e. The zero-order valence-electron chi connectivity index (χ0n) is 52.9. The Balaban J connectivity index is 2.22. The summed E-state index contributed by atoms with van der Waals surface area (Å²) in [7, 11) is -5.08. The summed E-state index contributed by atoms with van der Waals surface area (Å²) >= 11 is 0. The summed E-state index contributed by atoms with van der Waals surface area (Å²) in [5, 5.41) is 45.3. The lowest BCUT2D eigenvalue weighted by Gasteiger charge is -2.41. The van der Waals surface area contributed by atoms with Crippen LogP contribution in [0, 0.1) is 0 Å². The van der Waals surface area contributed by atoms with Crippen LogP contribution in [0.2, 0.25) is 0 Å². The molecule has 6 N–H and O–H groups in total. The number of aliphatic hydroxyl groups excluding tert-OH is 4. The number of hydrogen-bond donors (Lipinski definition) is 6. The van der Waals surface area contributed by atoms with Gasteiger partial charge in [0, 0.05) is 6.42 Å². The maximum absolute atomic E-state index is 13.2. The van der Waals surface area contributed by atoms with E-state index in [0.717, 1.165) is 51.4 Å². The highest BCUT2D eigenvalue weighted by atomic mass is 32.3. The van der Waals surface area contributed by atoms with Crippen LogP contribution >= 0.6 is 0 Å². The first kappa shape index (κ1) is 77.9. The van der Waals surface area contributed by atoms with Crippen molar-refractivity contribution in [1.82, 2.24) is 5.32 Å². The molecule has 81 heavy (non-hydrogen) atoms. The first-order valence-corrected chi connectivity index (χ1v) is 36.4. The fourth-order valence-corrected chi connectivity index (χ4v) is 12.2. The quantitative estimate of drug-likeness (QED) is 0.0193. The molecule has 1 aliphatic rings. The van der Waals surface area contributed by atoms with Gasteiger partial charge < -0.3 is 35.2 Å². The molecule has 1 rings (SSSR count). The minimum Gasteiger partial charge on any atom is -0.394 e. The second-order valence-electron chi connectivity index (χ2n) is 24.8. The van der Waals surface area contributed by atoms with Crippen molar-refractivity contribution >= 4 is 16.3 Å². The molecule has 482 valence electrons. The van der Waals surface area contributed by atoms with Crippen molar-refractivity contribution in [3.05, 3.63) is 12.2 Å². The standard InChI is InChI=1S/C68H133NO11S/c1-3-5-7-9-11-13-15-17-19-21-23-25-27-28-29-30-31-32-33-34-35-36-38-40-42-44-46-48-50-52-54-56-58-64(72)69-61(60-78-68-66(74)67(80-81(75,76)77)65(73)63(59-70)79-68)62(71)57-55-53-51-49-47-45-43-41-39-37-26-24-22-20-18-16-14-12-10-8-6-4-2/h28-29,61-63,65-68,70-71,73-74H,3-27,30-60H2,1-2H3,(H,69,72)(H,75,76,77)/b29-28-. The van der Waals surface area contributed by atoms with Crippen LogP contribution in [0.15, 0.2) is 12.2 Å². The largest absolute Gasteiger partial charge is 0.397 e. The van der Waals surface area contributed by atoms with Gasteiger partial charge in [-0.15, -0.1) is 0 Å². The predicted octanol–water partition coefficient (Wildman–Crippen LogP) is 18.1. The van der Waals surface area contributed by atoms with Gasteiger partial charge in [-0.2, -0.15) is 8.42 Å². The first-order valence-electron chi connectivity index (χ1n) is 35.1. The third-order valence-corrected chi connectivity index (χ3v) is 17.5. The maximum atomic E-state index is 13.2. The molecule has 0 aromatic heterocycles. The topological polar surface area (TPSA) is 192 Å². The van der Waals surface area contributed by atoms with Crippen LogP contribution in [0.25, 0.3) is 0 Å². The van der Waals surface area contributed by atoms with Gasteiger partial charge in [-0.1, -0.05) is 328 Å². The third-order valence-electron chi connectivity index (χ3n) is 17.1. The zero-order valence-corrected chi connectivity index (χ0v) is 53.7. The molecule has 1 aliphatic heterocycles. The Morgan fingerprint density at radius 1 is 0.481 bits per heavy atom. The van der Waals surface area contributed by atoms with Gasteiger partial charge in [-0.05, 0) is 38.5 Å². The van der Waals surface area contributed by atoms with Gasteiger partial charge >= 0.3 is 10.4 Å². The molecule has 7 atom stereocenters. The molecule has 0 aliphatic carbocycles. The molecular weight excluding hydrogens is 1040 g/mol. The van der Waals surface area contributed by atoms with E-state index < -0.39 is 59.9 Å². The molecule has 1 fully saturated rings. The van der Waals surface area contributed by atoms with Crippen molar-refractivity contribution in [1.29, 1.82) is 0 Å². The van der Waals surface area contributed by atoms with Gasteiger partial charge in [0.1, 0.15) is 24.4 Å². The highest BCUT2D eigenvalue weighted by Crippen LogP contribution is 2.27. The van der Waals surface area contributed by atoms with Crippen LogP contribution in [-0.4, -0.2) is 95.4 Å². The summed E-state index contributed by atoms with van der Waals surface area (Å²) in [6.45, 7) is 3.52. The van der Waals surface area contributed by atoms with Gasteiger partial charge in [0.2, 0.25) is 5.91 Å². The molecular formula is C68H133NO11S. The minimum atomic E-state index is -5.08. The Bertz CT molecular complexity index is 1470. The lowest BCUT2D eigenvalue weighted by Crippen LogP contribution is -2.61. The molecule has 1 saturated heterocycles. The molecule has 0 aromatic carbocycles. The first-order chi connectivity index (χ1) is 39.5. The average Bonchev–Trinajstić information content (AvgIpc) is 3.52. The Morgan fingerprint density at radius 2 is 0.790 bits per heavy atom. The molecule has 0 saturated carbocycles. The number of hydrogen-bond acceptors (Lipinski definition) is 10. The normalized spacial score (nSPS) is 18.5. The molecule has 1 heterocycles. The SMILES string of the molecule is CCCCCCCCCCCCCC/C=C\CCCCCCCCCCCCCCCCCCC(=O)NC(COC1OC(CO)C(O)C(OS(=O)(=O)O)C1O)C(O)CCCCCCCCCCCCCCCCCCCCCCCC. The van der Waals surface area contributed by atoms with Crippen molar-refractivity contribution in [3.8, 4) is 0 Å². The molecule has 0 radical (unpaired) electrons. The summed E-state index contributed by atoms with van der Waals surface area (Å²) < 4.78 is 48.1. The number of amides is 1. The molecule has 0 aromatic rings. The van der Waals surface area contributed by atoms with Crippen LogP contribution in [0.5, 0.6) is 0 Å². The van der Waals surface area contributed by atoms with Crippen molar-refractivity contribution < 1.29 is 51.8 Å². The number of unbranched alkanes of at least 4 members (excludes halogenated alkanes) is 49. The van der Waals surface area contributed by atoms with E-state index in [4.69, 9.17) is 9.47 Å². The van der Waals surface area contributed by atoms with E-state index in [1.807, 2.05) is 0 Å². The second kappa shape index (κ2) is 57.9. The Labute approximate surface area is 500 Å². The highest BCUT2D eigenvalue weighted by Gasteiger charge is 2.48. The maximum Gasteiger partial charge on any atom is 0.397 e. The predicted molar refractivity (Wildman–Crippen MR) is 338 cm³/mol. The van der Waals surface area contributed by atoms with E-state index in [9.17, 15) is 38.2 Å². The molecule has 7 unspecified atom stereocenters. The van der Waals surface area contributed by atoms with E-state index in [-0.39, 0.29) is 12.5 Å². The van der Waals surface area contributed by atoms with E-state index in [1.165, 1.54) is 283 Å². The zero-order chi connectivity index (χ0) is 59.0. The number of carbonyl (C=O) groups excluding carboxylic acids is 1. The second-order valence-corrected chi connectivity index (χ2v) is 25.9. The van der Waals surface area contributed by atoms with Crippen LogP contribution < -0.4 is 5.32 Å². The number of aliphatic hydroxyl groups is 4. The Morgan fingerprint density at radius 3 is 1.11 bits per heavy atom. The third kappa shape index (κ3) is 49.6. The summed E-state index contributed by atoms with van der Waals surface area (Å²) in [6, 6.07) is -0.857. The highest BCUT2D eigenvalue weighted by molar-refractivity contribution is 7.80. The fourth-order valence-electron chi connectivity index (χ4n) is 11.7. The van der Waals surface area contributed by atoms with Gasteiger partial charge in [-0.25, -0.2) is 4.18 Å². The van der Waals surface area contributed by atoms with Crippen molar-refractivity contribution in [2.75, 3.05) is 13.2 Å². The van der Waals surface area contributed by atoms with Crippen LogP contribution in [0.3, 0.4) is 0 Å². The van der Waals surface area contributed by atoms with Crippen LogP contribution in [0.4, 0.5) is 0 Å². The number of nitrogens with one attached hydrogen (secondary N) is 1. The van der Waals surface area contributed by atoms with Crippen molar-refractivity contribution in [2.24, 2.45) is 0 Å². The van der Waals surface area contributed by atoms with Crippen molar-refractivity contribution in [3.63, 3.8) is 0 Å². The van der Waals surface area contributed by atoms with E-state index in [2.05, 4.69) is 35.5 Å². The van der Waals surface area contributed by atoms with Crippen LogP contribution in [0.1, 0.15) is 361 Å². The van der Waals surface area contributed by atoms with E-state index in [0.29, 0.717) is 12.8 Å². The lowest BCUT2D eigenvalue weighted by molar-refractivity contribution is -0.298. The molecule has 12 nitrogen and oxygen atoms in total. The lowest BCUT2D eigenvalue weighted by atomic mass is 9.99. The van der Waals surface area contributed by atoms with E-state index in [1.54, 1.807) is 0 Å². The summed E-state index contributed by atoms with van der Waals surface area (Å²) in [5.41, 5.74) is 0. The van der Waals surface area contributed by atoms with Crippen LogP contribution in [-0.2, 0) is 28.9 Å². The summed E-state index contributed by atoms with van der Waals surface area (Å²) in [4.78, 5) is 13.2. The van der Waals surface area contributed by atoms with Gasteiger partial charge in [0.25, 0.3) is 0 Å². The molecule has 1 amide bonds. The Kier molecular flexibility index (Phi) is 55.6. The Hall–Kier alpha value is -1.16. The summed E-state index contributed by atoms with van der Waals surface area (Å²) in [5.74, 6) is -0.221. The molecule has 0 spiro atoms. The molecule has 0 bridgehead atoms. The number of ether oxygens (including phenoxy) is 2. The fraction of sp³-hybridized carbons (Fsp3) is 0.956. The average molecular weight is 1170 g/mol. The molecule has 13 heteroatoms. The van der Waals surface area contributed by atoms with Gasteiger partial charge in [0.05, 0.1) is 25.4 Å². The monoisotopic (exact) mass is 1170 g/mol. The number of rotatable bonds is 63. The number of carbonyl (C=O) groups is 1. The summed E-state index contributed by atoms with van der Waals surface area (Å²) in [6.07, 6.45) is 63.9. The van der Waals surface area contributed by atoms with E-state index >= 15 is 0 Å². The van der Waals surface area contributed by atoms with Gasteiger partial charge in [0.15, 0.2) is 6.29 Å². The van der Waals surface area contributed by atoms with Crippen molar-refractivity contribution in [2.45, 2.75) is 403 Å². The number of allylic oxidation sites excluding steroid dienone is 2.